The number of rotatable bonds is 2. The number of hydrogen-bond acceptors (Lipinski definition) is 4. The van der Waals surface area contributed by atoms with Gasteiger partial charge in [0.15, 0.2) is 11.5 Å². The molecule has 0 aliphatic carbocycles. The van der Waals surface area contributed by atoms with Crippen molar-refractivity contribution in [1.82, 2.24) is 9.78 Å². The van der Waals surface area contributed by atoms with Gasteiger partial charge in [0.05, 0.1) is 24.6 Å². The first-order valence-corrected chi connectivity index (χ1v) is 6.41. The molecule has 1 aliphatic heterocycles. The lowest BCUT2D eigenvalue weighted by molar-refractivity contribution is 0.297. The highest BCUT2D eigenvalue weighted by Gasteiger charge is 2.13. The number of hydrogen-bond donors (Lipinski definition) is 1. The minimum Gasteiger partial charge on any atom is -0.490 e. The summed E-state index contributed by atoms with van der Waals surface area (Å²) < 4.78 is 13.1. The lowest BCUT2D eigenvalue weighted by Crippen LogP contribution is -2.03. The maximum absolute atomic E-state index is 5.69. The highest BCUT2D eigenvalue weighted by molar-refractivity contribution is 5.64. The van der Waals surface area contributed by atoms with E-state index in [-0.39, 0.29) is 0 Å². The number of benzene rings is 1. The third-order valence-electron chi connectivity index (χ3n) is 3.23. The molecule has 0 unspecified atom stereocenters. The van der Waals surface area contributed by atoms with Crippen LogP contribution in [0.15, 0.2) is 24.3 Å². The third kappa shape index (κ3) is 2.29. The molecule has 2 N–H and O–H groups in total. The molecule has 0 saturated heterocycles. The zero-order chi connectivity index (χ0) is 13.2. The van der Waals surface area contributed by atoms with Gasteiger partial charge in [0.25, 0.3) is 0 Å². The molecule has 1 aromatic heterocycles. The van der Waals surface area contributed by atoms with Crippen molar-refractivity contribution in [2.45, 2.75) is 13.0 Å². The molecule has 0 fully saturated rings. The zero-order valence-corrected chi connectivity index (χ0v) is 10.9. The van der Waals surface area contributed by atoms with Gasteiger partial charge >= 0.3 is 0 Å². The van der Waals surface area contributed by atoms with Crippen LogP contribution in [0.4, 0.5) is 0 Å². The van der Waals surface area contributed by atoms with Gasteiger partial charge in [-0.05, 0) is 24.3 Å². The van der Waals surface area contributed by atoms with Crippen LogP contribution in [-0.2, 0) is 13.6 Å². The van der Waals surface area contributed by atoms with Gasteiger partial charge in [0, 0.05) is 25.6 Å². The predicted molar refractivity (Wildman–Crippen MR) is 72.1 cm³/mol. The number of nitrogens with zero attached hydrogens (tertiary/aromatic N) is 2. The van der Waals surface area contributed by atoms with Crippen LogP contribution in [0.1, 0.15) is 12.1 Å². The highest BCUT2D eigenvalue weighted by Crippen LogP contribution is 2.33. The van der Waals surface area contributed by atoms with Crippen molar-refractivity contribution in [3.8, 4) is 22.8 Å². The zero-order valence-electron chi connectivity index (χ0n) is 10.9. The summed E-state index contributed by atoms with van der Waals surface area (Å²) in [4.78, 5) is 0. The van der Waals surface area contributed by atoms with Gasteiger partial charge in [-0.2, -0.15) is 5.10 Å². The quantitative estimate of drug-likeness (QED) is 0.891. The number of aromatic nitrogens is 2. The Hall–Kier alpha value is -2.01. The van der Waals surface area contributed by atoms with Gasteiger partial charge in [0.1, 0.15) is 0 Å². The van der Waals surface area contributed by atoms with Gasteiger partial charge in [-0.3, -0.25) is 4.68 Å². The van der Waals surface area contributed by atoms with Gasteiger partial charge in [-0.15, -0.1) is 0 Å². The second-order valence-corrected chi connectivity index (χ2v) is 4.56. The van der Waals surface area contributed by atoms with Crippen LogP contribution in [0.2, 0.25) is 0 Å². The lowest BCUT2D eigenvalue weighted by atomic mass is 10.1. The fourth-order valence-corrected chi connectivity index (χ4v) is 2.16. The summed E-state index contributed by atoms with van der Waals surface area (Å²) in [5.74, 6) is 1.59. The molecule has 3 rings (SSSR count). The smallest absolute Gasteiger partial charge is 0.161 e. The molecular formula is C14H17N3O2. The first-order valence-electron chi connectivity index (χ1n) is 6.41. The minimum absolute atomic E-state index is 0.480. The summed E-state index contributed by atoms with van der Waals surface area (Å²) in [6.07, 6.45) is 0.908. The van der Waals surface area contributed by atoms with E-state index in [1.165, 1.54) is 0 Å². The van der Waals surface area contributed by atoms with E-state index in [1.54, 1.807) is 4.68 Å². The SMILES string of the molecule is Cn1nc(-c2ccc3c(c2)OCCCO3)cc1CN. The molecule has 5 nitrogen and oxygen atoms in total. The first kappa shape index (κ1) is 12.0. The number of ether oxygens (including phenoxy) is 2. The molecule has 1 aromatic carbocycles. The monoisotopic (exact) mass is 259 g/mol. The Labute approximate surface area is 111 Å². The first-order chi connectivity index (χ1) is 9.28. The van der Waals surface area contributed by atoms with Gasteiger partial charge in [0.2, 0.25) is 0 Å². The van der Waals surface area contributed by atoms with Crippen LogP contribution in [0.5, 0.6) is 11.5 Å². The van der Waals surface area contributed by atoms with Gasteiger partial charge in [-0.25, -0.2) is 0 Å². The summed E-state index contributed by atoms with van der Waals surface area (Å²) >= 11 is 0. The van der Waals surface area contributed by atoms with E-state index < -0.39 is 0 Å². The topological polar surface area (TPSA) is 62.3 Å². The van der Waals surface area contributed by atoms with Gasteiger partial charge in [-0.1, -0.05) is 0 Å². The van der Waals surface area contributed by atoms with Crippen molar-refractivity contribution in [3.63, 3.8) is 0 Å². The number of aryl methyl sites for hydroxylation is 1. The van der Waals surface area contributed by atoms with Crippen molar-refractivity contribution in [1.29, 1.82) is 0 Å². The van der Waals surface area contributed by atoms with Crippen LogP contribution in [0, 0.1) is 0 Å². The molecular weight excluding hydrogens is 242 g/mol. The Morgan fingerprint density at radius 3 is 2.74 bits per heavy atom. The normalized spacial score (nSPS) is 14.2. The maximum atomic E-state index is 5.69. The van der Waals surface area contributed by atoms with Crippen LogP contribution < -0.4 is 15.2 Å². The standard InChI is InChI=1S/C14H17N3O2/c1-17-11(9-15)8-12(16-17)10-3-4-13-14(7-10)19-6-2-5-18-13/h3-4,7-8H,2,5-6,9,15H2,1H3. The van der Waals surface area contributed by atoms with Crippen LogP contribution in [0.3, 0.4) is 0 Å². The average Bonchev–Trinajstić information content (AvgIpc) is 2.66. The Kier molecular flexibility index (Phi) is 3.13. The molecule has 0 radical (unpaired) electrons. The van der Waals surface area contributed by atoms with E-state index in [0.29, 0.717) is 19.8 Å². The van der Waals surface area contributed by atoms with Crippen LogP contribution in [0.25, 0.3) is 11.3 Å². The Morgan fingerprint density at radius 2 is 2.00 bits per heavy atom. The summed E-state index contributed by atoms with van der Waals surface area (Å²) in [6.45, 7) is 1.87. The Bertz CT molecular complexity index is 592. The van der Waals surface area contributed by atoms with Crippen molar-refractivity contribution in [2.24, 2.45) is 12.8 Å². The second-order valence-electron chi connectivity index (χ2n) is 4.56. The van der Waals surface area contributed by atoms with Crippen molar-refractivity contribution < 1.29 is 9.47 Å². The number of nitrogens with two attached hydrogens (primary N) is 1. The number of fused-ring (bicyclic) bond motifs is 1. The molecule has 0 bridgehead atoms. The van der Waals surface area contributed by atoms with E-state index in [1.807, 2.05) is 31.3 Å². The van der Waals surface area contributed by atoms with Crippen molar-refractivity contribution >= 4 is 0 Å². The molecule has 0 atom stereocenters. The summed E-state index contributed by atoms with van der Waals surface area (Å²) in [5, 5.41) is 4.46. The van der Waals surface area contributed by atoms with Crippen molar-refractivity contribution in [2.75, 3.05) is 13.2 Å². The van der Waals surface area contributed by atoms with E-state index in [0.717, 1.165) is 34.9 Å². The Balaban J connectivity index is 1.98. The molecule has 0 spiro atoms. The van der Waals surface area contributed by atoms with E-state index >= 15 is 0 Å². The minimum atomic E-state index is 0.480. The van der Waals surface area contributed by atoms with E-state index in [4.69, 9.17) is 15.2 Å². The molecule has 19 heavy (non-hydrogen) atoms. The lowest BCUT2D eigenvalue weighted by Gasteiger charge is -2.08. The predicted octanol–water partition coefficient (Wildman–Crippen LogP) is 1.71. The summed E-state index contributed by atoms with van der Waals surface area (Å²) in [6, 6.07) is 7.91. The third-order valence-corrected chi connectivity index (χ3v) is 3.23. The average molecular weight is 259 g/mol. The fourth-order valence-electron chi connectivity index (χ4n) is 2.16. The van der Waals surface area contributed by atoms with Gasteiger partial charge < -0.3 is 15.2 Å². The fraction of sp³-hybridized carbons (Fsp3) is 0.357. The van der Waals surface area contributed by atoms with Crippen LogP contribution >= 0.6 is 0 Å². The van der Waals surface area contributed by atoms with E-state index in [2.05, 4.69) is 5.10 Å². The maximum Gasteiger partial charge on any atom is 0.161 e. The molecule has 5 heteroatoms. The Morgan fingerprint density at radius 1 is 1.21 bits per heavy atom. The molecule has 0 saturated carbocycles. The summed E-state index contributed by atoms with van der Waals surface area (Å²) in [7, 11) is 1.90. The molecule has 0 amide bonds. The highest BCUT2D eigenvalue weighted by atomic mass is 16.5. The molecule has 1 aliphatic rings. The van der Waals surface area contributed by atoms with E-state index in [9.17, 15) is 0 Å². The second kappa shape index (κ2) is 4.93. The van der Waals surface area contributed by atoms with Crippen LogP contribution in [-0.4, -0.2) is 23.0 Å². The molecule has 2 aromatic rings. The van der Waals surface area contributed by atoms with Crippen molar-refractivity contribution in [3.05, 3.63) is 30.0 Å². The summed E-state index contributed by atoms with van der Waals surface area (Å²) in [5.41, 5.74) is 8.58. The largest absolute Gasteiger partial charge is 0.490 e. The molecule has 2 heterocycles. The molecule has 100 valence electrons.